The first-order chi connectivity index (χ1) is 14.8. The maximum absolute atomic E-state index is 13.4. The van der Waals surface area contributed by atoms with Crippen LogP contribution in [0.25, 0.3) is 0 Å². The van der Waals surface area contributed by atoms with E-state index in [1.165, 1.54) is 23.9 Å². The SMILES string of the molecule is Cc1c(N2C(=O)CSC2c2ccc(F)cc2)ccc(C(=O)O)c1CCOCCN(C)C. The van der Waals surface area contributed by atoms with Crippen LogP contribution in [0.1, 0.15) is 32.4 Å². The van der Waals surface area contributed by atoms with Gasteiger partial charge < -0.3 is 14.7 Å². The van der Waals surface area contributed by atoms with Crippen LogP contribution in [0.2, 0.25) is 0 Å². The van der Waals surface area contributed by atoms with Crippen LogP contribution < -0.4 is 4.90 Å². The van der Waals surface area contributed by atoms with Crippen LogP contribution >= 0.6 is 11.8 Å². The third kappa shape index (κ3) is 5.44. The standard InChI is InChI=1S/C23H27FN2O4S/c1-15-18(10-12-30-13-11-25(2)3)19(23(28)29)8-9-20(15)26-21(27)14-31-22(26)16-4-6-17(24)7-5-16/h4-9,22H,10-14H2,1-3H3,(H,28,29). The first-order valence-corrected chi connectivity index (χ1v) is 11.1. The molecule has 166 valence electrons. The van der Waals surface area contributed by atoms with Gasteiger partial charge in [-0.05, 0) is 68.4 Å². The van der Waals surface area contributed by atoms with Gasteiger partial charge >= 0.3 is 5.97 Å². The Morgan fingerprint density at radius 1 is 1.23 bits per heavy atom. The van der Waals surface area contributed by atoms with Gasteiger partial charge in [-0.1, -0.05) is 12.1 Å². The summed E-state index contributed by atoms with van der Waals surface area (Å²) in [5, 5.41) is 9.38. The zero-order chi connectivity index (χ0) is 22.5. The number of carbonyl (C=O) groups excluding carboxylic acids is 1. The van der Waals surface area contributed by atoms with E-state index >= 15 is 0 Å². The number of likely N-dealkylation sites (N-methyl/N-ethyl adjacent to an activating group) is 1. The molecule has 1 atom stereocenters. The fourth-order valence-corrected chi connectivity index (χ4v) is 4.78. The molecule has 1 unspecified atom stereocenters. The Morgan fingerprint density at radius 3 is 2.58 bits per heavy atom. The van der Waals surface area contributed by atoms with Crippen LogP contribution in [-0.2, 0) is 16.0 Å². The van der Waals surface area contributed by atoms with E-state index in [1.54, 1.807) is 29.2 Å². The predicted molar refractivity (Wildman–Crippen MR) is 120 cm³/mol. The molecule has 31 heavy (non-hydrogen) atoms. The van der Waals surface area contributed by atoms with Crippen LogP contribution in [0.3, 0.4) is 0 Å². The van der Waals surface area contributed by atoms with Crippen molar-refractivity contribution in [3.63, 3.8) is 0 Å². The minimum absolute atomic E-state index is 0.0568. The maximum atomic E-state index is 13.4. The molecule has 0 spiro atoms. The van der Waals surface area contributed by atoms with Gasteiger partial charge in [-0.25, -0.2) is 9.18 Å². The fourth-order valence-electron chi connectivity index (χ4n) is 3.61. The second-order valence-corrected chi connectivity index (χ2v) is 8.75. The fraction of sp³-hybridized carbons (Fsp3) is 0.391. The lowest BCUT2D eigenvalue weighted by atomic mass is 9.96. The number of carbonyl (C=O) groups is 2. The van der Waals surface area contributed by atoms with Gasteiger partial charge in [0.25, 0.3) is 0 Å². The molecule has 0 aromatic heterocycles. The van der Waals surface area contributed by atoms with E-state index in [2.05, 4.69) is 0 Å². The van der Waals surface area contributed by atoms with Crippen molar-refractivity contribution in [3.8, 4) is 0 Å². The van der Waals surface area contributed by atoms with Crippen molar-refractivity contribution in [1.29, 1.82) is 0 Å². The number of aromatic carboxylic acids is 1. The first kappa shape index (κ1) is 23.2. The van der Waals surface area contributed by atoms with E-state index in [0.717, 1.165) is 17.7 Å². The molecule has 1 fully saturated rings. The smallest absolute Gasteiger partial charge is 0.335 e. The number of benzene rings is 2. The molecule has 1 amide bonds. The Labute approximate surface area is 186 Å². The van der Waals surface area contributed by atoms with E-state index in [9.17, 15) is 19.1 Å². The normalized spacial score (nSPS) is 16.4. The third-order valence-electron chi connectivity index (χ3n) is 5.26. The number of thioether (sulfide) groups is 1. The number of carboxylic acid groups (broad SMARTS) is 1. The predicted octanol–water partition coefficient (Wildman–Crippen LogP) is 3.73. The molecule has 1 N–H and O–H groups in total. The summed E-state index contributed by atoms with van der Waals surface area (Å²) >= 11 is 1.47. The summed E-state index contributed by atoms with van der Waals surface area (Å²) in [6.45, 7) is 3.57. The third-order valence-corrected chi connectivity index (χ3v) is 6.47. The molecule has 0 saturated carbocycles. The van der Waals surface area contributed by atoms with Gasteiger partial charge in [0.2, 0.25) is 5.91 Å². The summed E-state index contributed by atoms with van der Waals surface area (Å²) in [4.78, 5) is 28.3. The molecular weight excluding hydrogens is 419 g/mol. The van der Waals surface area contributed by atoms with Crippen molar-refractivity contribution in [2.45, 2.75) is 18.7 Å². The van der Waals surface area contributed by atoms with Gasteiger partial charge in [-0.15, -0.1) is 11.8 Å². The summed E-state index contributed by atoms with van der Waals surface area (Å²) < 4.78 is 19.0. The van der Waals surface area contributed by atoms with Crippen LogP contribution in [0.4, 0.5) is 10.1 Å². The van der Waals surface area contributed by atoms with Crippen LogP contribution in [-0.4, -0.2) is 61.5 Å². The van der Waals surface area contributed by atoms with Crippen LogP contribution in [0.5, 0.6) is 0 Å². The van der Waals surface area contributed by atoms with Crippen molar-refractivity contribution in [1.82, 2.24) is 4.90 Å². The summed E-state index contributed by atoms with van der Waals surface area (Å²) in [6.07, 6.45) is 0.436. The van der Waals surface area contributed by atoms with E-state index < -0.39 is 5.97 Å². The van der Waals surface area contributed by atoms with Crippen molar-refractivity contribution in [3.05, 3.63) is 64.5 Å². The van der Waals surface area contributed by atoms with Gasteiger partial charge in [0.1, 0.15) is 11.2 Å². The second kappa shape index (κ2) is 10.3. The zero-order valence-corrected chi connectivity index (χ0v) is 18.7. The average Bonchev–Trinajstić information content (AvgIpc) is 3.10. The number of rotatable bonds is 9. The van der Waals surface area contributed by atoms with Gasteiger partial charge in [-0.3, -0.25) is 9.69 Å². The summed E-state index contributed by atoms with van der Waals surface area (Å²) in [6, 6.07) is 9.37. The Morgan fingerprint density at radius 2 is 1.94 bits per heavy atom. The van der Waals surface area contributed by atoms with Gasteiger partial charge in [0.15, 0.2) is 0 Å². The minimum atomic E-state index is -1.00. The first-order valence-electron chi connectivity index (χ1n) is 10.1. The molecular formula is C23H27FN2O4S. The highest BCUT2D eigenvalue weighted by atomic mass is 32.2. The highest BCUT2D eigenvalue weighted by molar-refractivity contribution is 8.00. The molecule has 2 aromatic carbocycles. The summed E-state index contributed by atoms with van der Waals surface area (Å²) in [5.41, 5.74) is 3.14. The monoisotopic (exact) mass is 446 g/mol. The Bertz CT molecular complexity index is 949. The topological polar surface area (TPSA) is 70.1 Å². The number of amides is 1. The van der Waals surface area contributed by atoms with E-state index in [1.807, 2.05) is 25.9 Å². The second-order valence-electron chi connectivity index (χ2n) is 7.69. The number of nitrogens with zero attached hydrogens (tertiary/aromatic N) is 2. The quantitative estimate of drug-likeness (QED) is 0.592. The minimum Gasteiger partial charge on any atom is -0.478 e. The van der Waals surface area contributed by atoms with Crippen LogP contribution in [0.15, 0.2) is 36.4 Å². The van der Waals surface area contributed by atoms with Crippen molar-refractivity contribution in [2.24, 2.45) is 0 Å². The molecule has 0 radical (unpaired) electrons. The lowest BCUT2D eigenvalue weighted by Gasteiger charge is -2.27. The molecule has 1 aliphatic rings. The number of hydrogen-bond acceptors (Lipinski definition) is 5. The van der Waals surface area contributed by atoms with E-state index in [-0.39, 0.29) is 22.7 Å². The van der Waals surface area contributed by atoms with E-state index in [0.29, 0.717) is 36.6 Å². The zero-order valence-electron chi connectivity index (χ0n) is 17.9. The molecule has 0 bridgehead atoms. The average molecular weight is 447 g/mol. The maximum Gasteiger partial charge on any atom is 0.335 e. The molecule has 3 rings (SSSR count). The summed E-state index contributed by atoms with van der Waals surface area (Å²) in [5.74, 6) is -1.08. The Kier molecular flexibility index (Phi) is 7.69. The molecule has 0 aliphatic carbocycles. The van der Waals surface area contributed by atoms with E-state index in [4.69, 9.17) is 4.74 Å². The number of halogens is 1. The van der Waals surface area contributed by atoms with Crippen molar-refractivity contribution < 1.29 is 23.8 Å². The highest BCUT2D eigenvalue weighted by Crippen LogP contribution is 2.43. The van der Waals surface area contributed by atoms with Gasteiger partial charge in [0.05, 0.1) is 24.5 Å². The molecule has 1 heterocycles. The number of carboxylic acids is 1. The van der Waals surface area contributed by atoms with Crippen LogP contribution in [0, 0.1) is 12.7 Å². The molecule has 1 saturated heterocycles. The highest BCUT2D eigenvalue weighted by Gasteiger charge is 2.35. The summed E-state index contributed by atoms with van der Waals surface area (Å²) in [7, 11) is 3.92. The lowest BCUT2D eigenvalue weighted by molar-refractivity contribution is -0.115. The van der Waals surface area contributed by atoms with Crippen molar-refractivity contribution in [2.75, 3.05) is 44.5 Å². The molecule has 6 nitrogen and oxygen atoms in total. The van der Waals surface area contributed by atoms with Gasteiger partial charge in [0, 0.05) is 12.2 Å². The molecule has 1 aliphatic heterocycles. The number of hydrogen-bond donors (Lipinski definition) is 1. The number of ether oxygens (including phenoxy) is 1. The molecule has 2 aromatic rings. The Balaban J connectivity index is 1.90. The van der Waals surface area contributed by atoms with Crippen molar-refractivity contribution >= 4 is 29.3 Å². The number of anilines is 1. The molecule has 8 heteroatoms. The Hall–Kier alpha value is -2.42. The largest absolute Gasteiger partial charge is 0.478 e. The lowest BCUT2D eigenvalue weighted by Crippen LogP contribution is -2.29. The van der Waals surface area contributed by atoms with Gasteiger partial charge in [-0.2, -0.15) is 0 Å².